The Balaban J connectivity index is 2.10. The maximum absolute atomic E-state index is 11.3. The van der Waals surface area contributed by atoms with Crippen LogP contribution in [0, 0.1) is 0 Å². The summed E-state index contributed by atoms with van der Waals surface area (Å²) in [6.07, 6.45) is 2.97. The van der Waals surface area contributed by atoms with Crippen molar-refractivity contribution in [2.24, 2.45) is 0 Å². The van der Waals surface area contributed by atoms with Gasteiger partial charge in [0.25, 0.3) is 5.91 Å². The lowest BCUT2D eigenvalue weighted by atomic mass is 10.3. The fourth-order valence-electron chi connectivity index (χ4n) is 0.880. The molecule has 3 N–H and O–H groups in total. The van der Waals surface area contributed by atoms with Gasteiger partial charge >= 0.3 is 0 Å². The third kappa shape index (κ3) is 3.55. The van der Waals surface area contributed by atoms with Gasteiger partial charge in [-0.2, -0.15) is 5.10 Å². The van der Waals surface area contributed by atoms with Gasteiger partial charge in [0, 0.05) is 12.7 Å². The SMILES string of the molecule is O=C(NCCOCCO)c1cn[nH]c1. The Labute approximate surface area is 81.3 Å². The highest BCUT2D eigenvalue weighted by Crippen LogP contribution is 1.91. The van der Waals surface area contributed by atoms with Gasteiger partial charge in [-0.05, 0) is 0 Å². The van der Waals surface area contributed by atoms with E-state index in [-0.39, 0.29) is 12.5 Å². The van der Waals surface area contributed by atoms with Crippen LogP contribution in [0.25, 0.3) is 0 Å². The first-order chi connectivity index (χ1) is 6.84. The quantitative estimate of drug-likeness (QED) is 0.521. The van der Waals surface area contributed by atoms with E-state index < -0.39 is 0 Å². The fraction of sp³-hybridized carbons (Fsp3) is 0.500. The van der Waals surface area contributed by atoms with Gasteiger partial charge in [-0.1, -0.05) is 0 Å². The van der Waals surface area contributed by atoms with E-state index >= 15 is 0 Å². The topological polar surface area (TPSA) is 87.2 Å². The van der Waals surface area contributed by atoms with E-state index in [9.17, 15) is 4.79 Å². The van der Waals surface area contributed by atoms with Crippen LogP contribution in [0.2, 0.25) is 0 Å². The summed E-state index contributed by atoms with van der Waals surface area (Å²) in [6, 6.07) is 0. The van der Waals surface area contributed by atoms with Crippen molar-refractivity contribution in [3.05, 3.63) is 18.0 Å². The first-order valence-electron chi connectivity index (χ1n) is 4.30. The molecule has 1 rings (SSSR count). The molecule has 14 heavy (non-hydrogen) atoms. The standard InChI is InChI=1S/C8H13N3O3/c12-2-4-14-3-1-9-8(13)7-5-10-11-6-7/h5-6,12H,1-4H2,(H,9,13)(H,10,11). The van der Waals surface area contributed by atoms with E-state index in [0.717, 1.165) is 0 Å². The van der Waals surface area contributed by atoms with Gasteiger partial charge < -0.3 is 15.2 Å². The lowest BCUT2D eigenvalue weighted by Crippen LogP contribution is -2.27. The maximum atomic E-state index is 11.3. The maximum Gasteiger partial charge on any atom is 0.254 e. The van der Waals surface area contributed by atoms with Crippen molar-refractivity contribution in [3.63, 3.8) is 0 Å². The number of aromatic nitrogens is 2. The highest BCUT2D eigenvalue weighted by Gasteiger charge is 2.04. The van der Waals surface area contributed by atoms with Gasteiger partial charge in [-0.15, -0.1) is 0 Å². The van der Waals surface area contributed by atoms with Crippen molar-refractivity contribution in [2.45, 2.75) is 0 Å². The van der Waals surface area contributed by atoms with Crippen LogP contribution in [0.4, 0.5) is 0 Å². The molecule has 0 bridgehead atoms. The first kappa shape index (κ1) is 10.7. The van der Waals surface area contributed by atoms with Crippen LogP contribution in [-0.2, 0) is 4.74 Å². The Hall–Kier alpha value is -1.40. The predicted octanol–water partition coefficient (Wildman–Crippen LogP) is -0.852. The number of amides is 1. The fourth-order valence-corrected chi connectivity index (χ4v) is 0.880. The average Bonchev–Trinajstić information content (AvgIpc) is 2.70. The minimum absolute atomic E-state index is 0.00429. The van der Waals surface area contributed by atoms with Gasteiger partial charge in [-0.25, -0.2) is 0 Å². The largest absolute Gasteiger partial charge is 0.394 e. The van der Waals surface area contributed by atoms with E-state index in [4.69, 9.17) is 9.84 Å². The first-order valence-corrected chi connectivity index (χ1v) is 4.30. The molecule has 1 aromatic heterocycles. The van der Waals surface area contributed by atoms with Crippen LogP contribution in [0.5, 0.6) is 0 Å². The van der Waals surface area contributed by atoms with Gasteiger partial charge in [-0.3, -0.25) is 9.89 Å². The third-order valence-electron chi connectivity index (χ3n) is 1.53. The van der Waals surface area contributed by atoms with Crippen LogP contribution in [-0.4, -0.2) is 47.6 Å². The molecule has 0 radical (unpaired) electrons. The van der Waals surface area contributed by atoms with Crippen LogP contribution < -0.4 is 5.32 Å². The number of rotatable bonds is 6. The number of carbonyl (C=O) groups excluding carboxylic acids is 1. The van der Waals surface area contributed by atoms with Gasteiger partial charge in [0.05, 0.1) is 31.6 Å². The lowest BCUT2D eigenvalue weighted by molar-refractivity contribution is 0.0838. The van der Waals surface area contributed by atoms with Gasteiger partial charge in [0.1, 0.15) is 0 Å². The molecule has 0 saturated heterocycles. The summed E-state index contributed by atoms with van der Waals surface area (Å²) in [5, 5.41) is 17.2. The molecule has 0 aliphatic carbocycles. The number of carbonyl (C=O) groups is 1. The third-order valence-corrected chi connectivity index (χ3v) is 1.53. The number of hydrogen-bond acceptors (Lipinski definition) is 4. The Bertz CT molecular complexity index is 261. The number of hydrogen-bond donors (Lipinski definition) is 3. The summed E-state index contributed by atoms with van der Waals surface area (Å²) in [4.78, 5) is 11.3. The van der Waals surface area contributed by atoms with Crippen LogP contribution in [0.1, 0.15) is 10.4 Å². The van der Waals surface area contributed by atoms with Crippen LogP contribution >= 0.6 is 0 Å². The number of H-pyrrole nitrogens is 1. The van der Waals surface area contributed by atoms with Crippen molar-refractivity contribution >= 4 is 5.91 Å². The van der Waals surface area contributed by atoms with Gasteiger partial charge in [0.2, 0.25) is 0 Å². The Kier molecular flexibility index (Phi) is 4.66. The molecule has 6 nitrogen and oxygen atoms in total. The number of ether oxygens (including phenoxy) is 1. The molecule has 0 saturated carbocycles. The smallest absolute Gasteiger partial charge is 0.254 e. The second-order valence-corrected chi connectivity index (χ2v) is 2.58. The Morgan fingerprint density at radius 2 is 2.50 bits per heavy atom. The molecule has 0 aliphatic heterocycles. The summed E-state index contributed by atoms with van der Waals surface area (Å²) in [7, 11) is 0. The zero-order chi connectivity index (χ0) is 10.2. The van der Waals surface area contributed by atoms with Crippen LogP contribution in [0.15, 0.2) is 12.4 Å². The second-order valence-electron chi connectivity index (χ2n) is 2.58. The highest BCUT2D eigenvalue weighted by molar-refractivity contribution is 5.93. The van der Waals surface area contributed by atoms with Crippen molar-refractivity contribution in [1.29, 1.82) is 0 Å². The summed E-state index contributed by atoms with van der Waals surface area (Å²) >= 11 is 0. The average molecular weight is 199 g/mol. The Morgan fingerprint density at radius 1 is 1.64 bits per heavy atom. The number of aliphatic hydroxyl groups is 1. The van der Waals surface area contributed by atoms with Crippen molar-refractivity contribution in [1.82, 2.24) is 15.5 Å². The van der Waals surface area contributed by atoms with E-state index in [2.05, 4.69) is 15.5 Å². The molecule has 0 aromatic carbocycles. The molecule has 1 aromatic rings. The molecule has 1 heterocycles. The van der Waals surface area contributed by atoms with Crippen molar-refractivity contribution in [3.8, 4) is 0 Å². The molecule has 6 heteroatoms. The lowest BCUT2D eigenvalue weighted by Gasteiger charge is -2.03. The molecule has 0 unspecified atom stereocenters. The van der Waals surface area contributed by atoms with Crippen molar-refractivity contribution < 1.29 is 14.6 Å². The van der Waals surface area contributed by atoms with Gasteiger partial charge in [0.15, 0.2) is 0 Å². The highest BCUT2D eigenvalue weighted by atomic mass is 16.5. The molecular formula is C8H13N3O3. The van der Waals surface area contributed by atoms with E-state index in [1.54, 1.807) is 0 Å². The summed E-state index contributed by atoms with van der Waals surface area (Å²) in [6.45, 7) is 1.10. The van der Waals surface area contributed by atoms with E-state index in [1.807, 2.05) is 0 Å². The number of nitrogens with zero attached hydrogens (tertiary/aromatic N) is 1. The van der Waals surface area contributed by atoms with E-state index in [0.29, 0.717) is 25.3 Å². The monoisotopic (exact) mass is 199 g/mol. The number of aromatic amines is 1. The molecule has 0 atom stereocenters. The Morgan fingerprint density at radius 3 is 3.14 bits per heavy atom. The number of aliphatic hydroxyl groups excluding tert-OH is 1. The minimum atomic E-state index is -0.189. The summed E-state index contributed by atoms with van der Waals surface area (Å²) < 4.78 is 4.96. The summed E-state index contributed by atoms with van der Waals surface area (Å²) in [5.41, 5.74) is 0.493. The zero-order valence-electron chi connectivity index (χ0n) is 7.69. The van der Waals surface area contributed by atoms with E-state index in [1.165, 1.54) is 12.4 Å². The molecule has 1 amide bonds. The summed E-state index contributed by atoms with van der Waals surface area (Å²) in [5.74, 6) is -0.189. The molecule has 0 aliphatic rings. The predicted molar refractivity (Wildman–Crippen MR) is 48.8 cm³/mol. The second kappa shape index (κ2) is 6.11. The minimum Gasteiger partial charge on any atom is -0.394 e. The molecule has 78 valence electrons. The number of nitrogens with one attached hydrogen (secondary N) is 2. The van der Waals surface area contributed by atoms with Crippen molar-refractivity contribution in [2.75, 3.05) is 26.4 Å². The molecular weight excluding hydrogens is 186 g/mol. The normalized spacial score (nSPS) is 10.1. The molecule has 0 spiro atoms. The van der Waals surface area contributed by atoms with Crippen LogP contribution in [0.3, 0.4) is 0 Å². The molecule has 0 fully saturated rings. The zero-order valence-corrected chi connectivity index (χ0v) is 7.69.